The third-order valence-electron chi connectivity index (χ3n) is 2.79. The molecule has 0 radical (unpaired) electrons. The van der Waals surface area contributed by atoms with Gasteiger partial charge in [0.2, 0.25) is 0 Å². The maximum atomic E-state index is 5.49. The van der Waals surface area contributed by atoms with Crippen LogP contribution in [0.15, 0.2) is 48.5 Å². The minimum absolute atomic E-state index is 0.357. The number of aryl methyl sites for hydroxylation is 2. The van der Waals surface area contributed by atoms with Crippen molar-refractivity contribution in [2.24, 2.45) is 0 Å². The van der Waals surface area contributed by atoms with Crippen LogP contribution in [-0.2, 0) is 0 Å². The van der Waals surface area contributed by atoms with Crippen molar-refractivity contribution in [2.75, 3.05) is 0 Å². The van der Waals surface area contributed by atoms with Crippen molar-refractivity contribution < 1.29 is 0 Å². The van der Waals surface area contributed by atoms with Gasteiger partial charge in [-0.05, 0) is 0 Å². The standard InChI is InChI=1S/C16H14S4Te/c1-11-3-7-13(8-4-11)15(17)19-21-20-16(18)14-9-5-12(2)6-10-14/h3-10H,1-2H3. The fraction of sp³-hybridized carbons (Fsp3) is 0.125. The molecular weight excluding hydrogens is 448 g/mol. The Labute approximate surface area is 152 Å². The normalized spacial score (nSPS) is 10.4. The van der Waals surface area contributed by atoms with Crippen molar-refractivity contribution in [2.45, 2.75) is 13.8 Å². The molecule has 5 heteroatoms. The van der Waals surface area contributed by atoms with Crippen LogP contribution in [0.25, 0.3) is 0 Å². The Balaban J connectivity index is 1.83. The first-order valence-corrected chi connectivity index (χ1v) is 14.3. The second-order valence-corrected chi connectivity index (χ2v) is 13.9. The average molecular weight is 462 g/mol. The summed E-state index contributed by atoms with van der Waals surface area (Å²) in [5.74, 6) is 0. The van der Waals surface area contributed by atoms with E-state index in [0.717, 1.165) is 19.5 Å². The molecular formula is C16H14S4Te. The molecule has 0 aromatic heterocycles. The van der Waals surface area contributed by atoms with Gasteiger partial charge in [0, 0.05) is 0 Å². The van der Waals surface area contributed by atoms with Crippen molar-refractivity contribution in [3.63, 3.8) is 0 Å². The fourth-order valence-corrected chi connectivity index (χ4v) is 12.0. The minimum atomic E-state index is -0.357. The van der Waals surface area contributed by atoms with E-state index in [1.54, 1.807) is 18.0 Å². The summed E-state index contributed by atoms with van der Waals surface area (Å²) in [7, 11) is 3.60. The van der Waals surface area contributed by atoms with Gasteiger partial charge in [0.05, 0.1) is 0 Å². The zero-order valence-electron chi connectivity index (χ0n) is 11.7. The molecule has 0 aliphatic carbocycles. The Morgan fingerprint density at radius 1 is 0.714 bits per heavy atom. The third kappa shape index (κ3) is 5.67. The number of hydrogen-bond donors (Lipinski definition) is 0. The maximum absolute atomic E-state index is 5.49. The third-order valence-corrected chi connectivity index (χ3v) is 13.4. The quantitative estimate of drug-likeness (QED) is 0.444. The van der Waals surface area contributed by atoms with Crippen LogP contribution < -0.4 is 0 Å². The summed E-state index contributed by atoms with van der Waals surface area (Å²) in [6, 6.07) is 16.8. The molecule has 2 aromatic carbocycles. The molecule has 0 saturated heterocycles. The molecule has 0 spiro atoms. The molecule has 0 fully saturated rings. The zero-order chi connectivity index (χ0) is 15.2. The number of thiocarbonyl (C=S) groups is 2. The first-order valence-electron chi connectivity index (χ1n) is 6.29. The molecule has 0 nitrogen and oxygen atoms in total. The van der Waals surface area contributed by atoms with Crippen LogP contribution in [-0.4, -0.2) is 26.6 Å². The summed E-state index contributed by atoms with van der Waals surface area (Å²) in [6.07, 6.45) is 0. The number of rotatable bonds is 4. The topological polar surface area (TPSA) is 0 Å². The van der Waals surface area contributed by atoms with Crippen molar-refractivity contribution in [3.8, 4) is 0 Å². The van der Waals surface area contributed by atoms with Gasteiger partial charge in [-0.15, -0.1) is 0 Å². The van der Waals surface area contributed by atoms with Crippen LogP contribution in [0.1, 0.15) is 22.3 Å². The summed E-state index contributed by atoms with van der Waals surface area (Å²) < 4.78 is 1.97. The molecule has 0 unspecified atom stereocenters. The molecule has 21 heavy (non-hydrogen) atoms. The summed E-state index contributed by atoms with van der Waals surface area (Å²) in [6.45, 7) is 4.17. The zero-order valence-corrected chi connectivity index (χ0v) is 17.3. The van der Waals surface area contributed by atoms with Crippen LogP contribution in [0.5, 0.6) is 0 Å². The molecule has 2 rings (SSSR count). The van der Waals surface area contributed by atoms with E-state index in [2.05, 4.69) is 62.4 Å². The van der Waals surface area contributed by atoms with E-state index in [4.69, 9.17) is 24.4 Å². The number of benzene rings is 2. The Bertz CT molecular complexity index is 575. The van der Waals surface area contributed by atoms with E-state index in [1.165, 1.54) is 11.1 Å². The van der Waals surface area contributed by atoms with Crippen molar-refractivity contribution >= 4 is 69.0 Å². The van der Waals surface area contributed by atoms with Gasteiger partial charge < -0.3 is 0 Å². The van der Waals surface area contributed by atoms with E-state index in [0.29, 0.717) is 0 Å². The molecule has 0 saturated carbocycles. The Morgan fingerprint density at radius 2 is 1.05 bits per heavy atom. The van der Waals surface area contributed by atoms with E-state index < -0.39 is 0 Å². The molecule has 2 aromatic rings. The van der Waals surface area contributed by atoms with E-state index in [9.17, 15) is 0 Å². The molecule has 0 bridgehead atoms. The van der Waals surface area contributed by atoms with Crippen LogP contribution in [0, 0.1) is 13.8 Å². The molecule has 0 aliphatic heterocycles. The Morgan fingerprint density at radius 3 is 1.38 bits per heavy atom. The molecule has 108 valence electrons. The van der Waals surface area contributed by atoms with Gasteiger partial charge in [-0.3, -0.25) is 0 Å². The predicted octanol–water partition coefficient (Wildman–Crippen LogP) is 5.36. The Hall–Kier alpha value is 0.110. The van der Waals surface area contributed by atoms with E-state index in [-0.39, 0.29) is 18.2 Å². The molecule has 0 amide bonds. The van der Waals surface area contributed by atoms with Gasteiger partial charge in [0.15, 0.2) is 0 Å². The average Bonchev–Trinajstić information content (AvgIpc) is 2.48. The van der Waals surface area contributed by atoms with Crippen LogP contribution in [0.3, 0.4) is 0 Å². The first kappa shape index (κ1) is 17.5. The van der Waals surface area contributed by atoms with Gasteiger partial charge in [0.1, 0.15) is 0 Å². The van der Waals surface area contributed by atoms with E-state index in [1.807, 2.05) is 0 Å². The monoisotopic (exact) mass is 464 g/mol. The summed E-state index contributed by atoms with van der Waals surface area (Å²) >= 11 is 10.6. The summed E-state index contributed by atoms with van der Waals surface area (Å²) in [4.78, 5) is 0. The van der Waals surface area contributed by atoms with E-state index >= 15 is 0 Å². The number of hydrogen-bond acceptors (Lipinski definition) is 4. The predicted molar refractivity (Wildman–Crippen MR) is 107 cm³/mol. The SMILES string of the molecule is Cc1ccc(C(=S)S[Te]SC(=S)c2ccc(C)cc2)cc1. The van der Waals surface area contributed by atoms with Crippen LogP contribution in [0.4, 0.5) is 0 Å². The van der Waals surface area contributed by atoms with Crippen molar-refractivity contribution in [1.82, 2.24) is 0 Å². The second kappa shape index (κ2) is 8.67. The van der Waals surface area contributed by atoms with Gasteiger partial charge >= 0.3 is 154 Å². The van der Waals surface area contributed by atoms with Crippen LogP contribution in [0.2, 0.25) is 0 Å². The molecule has 0 N–H and O–H groups in total. The molecule has 0 heterocycles. The van der Waals surface area contributed by atoms with Gasteiger partial charge in [0.25, 0.3) is 0 Å². The van der Waals surface area contributed by atoms with Gasteiger partial charge in [-0.1, -0.05) is 0 Å². The van der Waals surface area contributed by atoms with Crippen LogP contribution >= 0.6 is 42.4 Å². The molecule has 0 aliphatic rings. The van der Waals surface area contributed by atoms with Crippen molar-refractivity contribution in [1.29, 1.82) is 0 Å². The van der Waals surface area contributed by atoms with Gasteiger partial charge in [-0.25, -0.2) is 0 Å². The molecule has 0 atom stereocenters. The summed E-state index contributed by atoms with van der Waals surface area (Å²) in [5, 5.41) is 0. The first-order chi connectivity index (χ1) is 10.1. The Kier molecular flexibility index (Phi) is 7.21. The van der Waals surface area contributed by atoms with Crippen molar-refractivity contribution in [3.05, 3.63) is 70.8 Å². The summed E-state index contributed by atoms with van der Waals surface area (Å²) in [5.41, 5.74) is 4.82. The second-order valence-electron chi connectivity index (χ2n) is 4.54. The van der Waals surface area contributed by atoms with Gasteiger partial charge in [-0.2, -0.15) is 0 Å². The fourth-order valence-electron chi connectivity index (χ4n) is 1.55.